The van der Waals surface area contributed by atoms with Crippen molar-refractivity contribution in [2.75, 3.05) is 18.4 Å². The Hall–Kier alpha value is -1.36. The quantitative estimate of drug-likeness (QED) is 0.833. The molecule has 4 nitrogen and oxygen atoms in total. The number of anilines is 1. The lowest BCUT2D eigenvalue weighted by atomic mass is 10.0. The van der Waals surface area contributed by atoms with E-state index in [-0.39, 0.29) is 11.8 Å². The van der Waals surface area contributed by atoms with Crippen LogP contribution in [0.4, 0.5) is 5.69 Å². The highest BCUT2D eigenvalue weighted by Gasteiger charge is 2.58. The van der Waals surface area contributed by atoms with Crippen LogP contribution < -0.4 is 5.32 Å². The number of amides is 2. The Balaban J connectivity index is 1.71. The van der Waals surface area contributed by atoms with Crippen LogP contribution in [-0.4, -0.2) is 29.8 Å². The molecule has 3 rings (SSSR count). The van der Waals surface area contributed by atoms with E-state index in [2.05, 4.69) is 21.2 Å². The van der Waals surface area contributed by atoms with E-state index in [9.17, 15) is 9.59 Å². The van der Waals surface area contributed by atoms with Gasteiger partial charge in [-0.2, -0.15) is 0 Å². The summed E-state index contributed by atoms with van der Waals surface area (Å²) in [5.74, 6) is -0.132. The third-order valence-corrected chi connectivity index (χ3v) is 5.30. The summed E-state index contributed by atoms with van der Waals surface area (Å²) in [6.45, 7) is 1.59. The summed E-state index contributed by atoms with van der Waals surface area (Å²) in [6.07, 6.45) is 5.79. The number of benzene rings is 1. The number of likely N-dealkylation sites (tertiary alicyclic amines) is 1. The Morgan fingerprint density at radius 2 is 1.68 bits per heavy atom. The number of carbonyl (C=O) groups is 2. The zero-order chi connectivity index (χ0) is 15.6. The first-order chi connectivity index (χ1) is 10.6. The molecule has 0 aromatic heterocycles. The van der Waals surface area contributed by atoms with Gasteiger partial charge in [0.05, 0.1) is 5.69 Å². The molecule has 1 aliphatic heterocycles. The normalized spacial score (nSPS) is 20.1. The van der Waals surface area contributed by atoms with Gasteiger partial charge in [-0.25, -0.2) is 0 Å². The summed E-state index contributed by atoms with van der Waals surface area (Å²) >= 11 is 3.43. The second-order valence-corrected chi connectivity index (χ2v) is 7.08. The number of para-hydroxylation sites is 1. The van der Waals surface area contributed by atoms with Crippen LogP contribution in [0, 0.1) is 5.41 Å². The SMILES string of the molecule is O=C(Nc1ccccc1Br)C1(C(=O)N2CCCCCC2)CC1. The van der Waals surface area contributed by atoms with Gasteiger partial charge in [-0.3, -0.25) is 9.59 Å². The molecular weight excluding hydrogens is 344 g/mol. The molecule has 2 fully saturated rings. The lowest BCUT2D eigenvalue weighted by Gasteiger charge is -2.25. The molecule has 0 unspecified atom stereocenters. The van der Waals surface area contributed by atoms with Crippen LogP contribution in [0.2, 0.25) is 0 Å². The average molecular weight is 365 g/mol. The summed E-state index contributed by atoms with van der Waals surface area (Å²) in [7, 11) is 0. The van der Waals surface area contributed by atoms with Gasteiger partial charge < -0.3 is 10.2 Å². The molecule has 5 heteroatoms. The van der Waals surface area contributed by atoms with Crippen LogP contribution in [0.15, 0.2) is 28.7 Å². The first kappa shape index (κ1) is 15.5. The van der Waals surface area contributed by atoms with Crippen LogP contribution in [-0.2, 0) is 9.59 Å². The zero-order valence-electron chi connectivity index (χ0n) is 12.6. The molecule has 118 valence electrons. The predicted octanol–water partition coefficient (Wildman–Crippen LogP) is 3.57. The fourth-order valence-corrected chi connectivity index (χ4v) is 3.43. The molecule has 1 saturated carbocycles. The molecule has 1 aromatic carbocycles. The van der Waals surface area contributed by atoms with Crippen LogP contribution in [0.5, 0.6) is 0 Å². The predicted molar refractivity (Wildman–Crippen MR) is 89.5 cm³/mol. The molecular formula is C17H21BrN2O2. The summed E-state index contributed by atoms with van der Waals surface area (Å²) in [4.78, 5) is 27.3. The first-order valence-electron chi connectivity index (χ1n) is 7.99. The summed E-state index contributed by atoms with van der Waals surface area (Å²) in [5.41, 5.74) is -0.0953. The van der Waals surface area contributed by atoms with E-state index >= 15 is 0 Å². The van der Waals surface area contributed by atoms with Gasteiger partial charge >= 0.3 is 0 Å². The Kier molecular flexibility index (Phi) is 4.52. The van der Waals surface area contributed by atoms with Crippen molar-refractivity contribution in [3.8, 4) is 0 Å². The van der Waals surface area contributed by atoms with Gasteiger partial charge in [0.15, 0.2) is 0 Å². The van der Waals surface area contributed by atoms with Gasteiger partial charge in [0, 0.05) is 17.6 Å². The van der Waals surface area contributed by atoms with E-state index in [0.29, 0.717) is 12.8 Å². The minimum absolute atomic E-state index is 0.0268. The van der Waals surface area contributed by atoms with E-state index in [0.717, 1.165) is 36.1 Å². The van der Waals surface area contributed by atoms with Crippen molar-refractivity contribution in [2.24, 2.45) is 5.41 Å². The van der Waals surface area contributed by atoms with E-state index < -0.39 is 5.41 Å². The highest BCUT2D eigenvalue weighted by atomic mass is 79.9. The van der Waals surface area contributed by atoms with Crippen molar-refractivity contribution < 1.29 is 9.59 Å². The molecule has 0 radical (unpaired) electrons. The highest BCUT2D eigenvalue weighted by Crippen LogP contribution is 2.48. The maximum atomic E-state index is 12.8. The number of halogens is 1. The second-order valence-electron chi connectivity index (χ2n) is 6.22. The third kappa shape index (κ3) is 3.05. The van der Waals surface area contributed by atoms with Gasteiger partial charge in [-0.15, -0.1) is 0 Å². The highest BCUT2D eigenvalue weighted by molar-refractivity contribution is 9.10. The molecule has 1 heterocycles. The second kappa shape index (κ2) is 6.41. The Morgan fingerprint density at radius 1 is 1.05 bits per heavy atom. The molecule has 1 N–H and O–H groups in total. The smallest absolute Gasteiger partial charge is 0.240 e. The lowest BCUT2D eigenvalue weighted by molar-refractivity contribution is -0.142. The Bertz CT molecular complexity index is 576. The number of rotatable bonds is 3. The largest absolute Gasteiger partial charge is 0.342 e. The van der Waals surface area contributed by atoms with Crippen molar-refractivity contribution in [2.45, 2.75) is 38.5 Å². The van der Waals surface area contributed by atoms with Crippen molar-refractivity contribution in [3.63, 3.8) is 0 Å². The molecule has 1 aliphatic carbocycles. The number of carbonyl (C=O) groups excluding carboxylic acids is 2. The van der Waals surface area contributed by atoms with Gasteiger partial charge in [0.1, 0.15) is 5.41 Å². The van der Waals surface area contributed by atoms with Crippen LogP contribution in [0.25, 0.3) is 0 Å². The van der Waals surface area contributed by atoms with Crippen molar-refractivity contribution in [3.05, 3.63) is 28.7 Å². The minimum Gasteiger partial charge on any atom is -0.342 e. The van der Waals surface area contributed by atoms with Gasteiger partial charge in [-0.05, 0) is 53.7 Å². The summed E-state index contributed by atoms with van der Waals surface area (Å²) in [5, 5.41) is 2.92. The molecule has 0 spiro atoms. The minimum atomic E-state index is -0.820. The van der Waals surface area contributed by atoms with Crippen molar-refractivity contribution in [1.82, 2.24) is 4.90 Å². The third-order valence-electron chi connectivity index (χ3n) is 4.61. The monoisotopic (exact) mass is 364 g/mol. The van der Waals surface area contributed by atoms with E-state index in [1.807, 2.05) is 29.2 Å². The van der Waals surface area contributed by atoms with Gasteiger partial charge in [0.25, 0.3) is 0 Å². The summed E-state index contributed by atoms with van der Waals surface area (Å²) < 4.78 is 0.835. The molecule has 22 heavy (non-hydrogen) atoms. The number of nitrogens with one attached hydrogen (secondary N) is 1. The fraction of sp³-hybridized carbons (Fsp3) is 0.529. The van der Waals surface area contributed by atoms with Crippen LogP contribution in [0.1, 0.15) is 38.5 Å². The maximum Gasteiger partial charge on any atom is 0.240 e. The molecule has 1 saturated heterocycles. The Labute approximate surface area is 139 Å². The molecule has 2 aliphatic rings. The zero-order valence-corrected chi connectivity index (χ0v) is 14.2. The molecule has 0 atom stereocenters. The number of hydrogen-bond donors (Lipinski definition) is 1. The Morgan fingerprint density at radius 3 is 2.27 bits per heavy atom. The average Bonchev–Trinajstić information content (AvgIpc) is 3.34. The van der Waals surface area contributed by atoms with Crippen molar-refractivity contribution in [1.29, 1.82) is 0 Å². The maximum absolute atomic E-state index is 12.8. The lowest BCUT2D eigenvalue weighted by Crippen LogP contribution is -2.43. The summed E-state index contributed by atoms with van der Waals surface area (Å²) in [6, 6.07) is 7.49. The van der Waals surface area contributed by atoms with Gasteiger partial charge in [-0.1, -0.05) is 25.0 Å². The number of hydrogen-bond acceptors (Lipinski definition) is 2. The number of nitrogens with zero attached hydrogens (tertiary/aromatic N) is 1. The fourth-order valence-electron chi connectivity index (χ4n) is 3.04. The molecule has 1 aromatic rings. The topological polar surface area (TPSA) is 49.4 Å². The molecule has 0 bridgehead atoms. The van der Waals surface area contributed by atoms with Crippen LogP contribution >= 0.6 is 15.9 Å². The van der Waals surface area contributed by atoms with Crippen molar-refractivity contribution >= 4 is 33.4 Å². The van der Waals surface area contributed by atoms with E-state index in [4.69, 9.17) is 0 Å². The van der Waals surface area contributed by atoms with E-state index in [1.165, 1.54) is 12.8 Å². The van der Waals surface area contributed by atoms with Gasteiger partial charge in [0.2, 0.25) is 11.8 Å². The first-order valence-corrected chi connectivity index (χ1v) is 8.78. The van der Waals surface area contributed by atoms with Crippen LogP contribution in [0.3, 0.4) is 0 Å². The standard InChI is InChI=1S/C17H21BrN2O2/c18-13-7-3-4-8-14(13)19-15(21)17(9-10-17)16(22)20-11-5-1-2-6-12-20/h3-4,7-8H,1-2,5-6,9-12H2,(H,19,21). The van der Waals surface area contributed by atoms with E-state index in [1.54, 1.807) is 0 Å². The molecule has 2 amide bonds.